The highest BCUT2D eigenvalue weighted by Gasteiger charge is 2.48. The Morgan fingerprint density at radius 1 is 1.38 bits per heavy atom. The normalized spacial score (nSPS) is 33.6. The molecule has 1 saturated carbocycles. The predicted molar refractivity (Wildman–Crippen MR) is 70.2 cm³/mol. The van der Waals surface area contributed by atoms with Crippen LogP contribution in [0.2, 0.25) is 10.0 Å². The van der Waals surface area contributed by atoms with E-state index in [1.807, 2.05) is 12.1 Å². The van der Waals surface area contributed by atoms with Gasteiger partial charge in [-0.3, -0.25) is 0 Å². The SMILES string of the molecule is CCC1(C)C(N)CC1c1ccc(Cl)c(Cl)c1. The van der Waals surface area contributed by atoms with Crippen LogP contribution < -0.4 is 5.73 Å². The molecule has 1 aliphatic carbocycles. The van der Waals surface area contributed by atoms with Crippen LogP contribution in [0.1, 0.15) is 38.2 Å². The van der Waals surface area contributed by atoms with Gasteiger partial charge < -0.3 is 5.73 Å². The van der Waals surface area contributed by atoms with Crippen LogP contribution in [0.25, 0.3) is 0 Å². The molecule has 1 aromatic rings. The zero-order valence-corrected chi connectivity index (χ0v) is 11.1. The van der Waals surface area contributed by atoms with Crippen molar-refractivity contribution in [2.75, 3.05) is 0 Å². The van der Waals surface area contributed by atoms with Crippen LogP contribution in [0, 0.1) is 5.41 Å². The van der Waals surface area contributed by atoms with Crippen molar-refractivity contribution in [3.63, 3.8) is 0 Å². The van der Waals surface area contributed by atoms with Gasteiger partial charge in [-0.1, -0.05) is 43.1 Å². The number of halogens is 2. The van der Waals surface area contributed by atoms with Crippen LogP contribution in [0.3, 0.4) is 0 Å². The molecular weight excluding hydrogens is 241 g/mol. The third-order valence-electron chi connectivity index (χ3n) is 4.24. The van der Waals surface area contributed by atoms with Gasteiger partial charge in [0.05, 0.1) is 10.0 Å². The second-order valence-corrected chi connectivity index (χ2v) is 5.74. The quantitative estimate of drug-likeness (QED) is 0.844. The van der Waals surface area contributed by atoms with Gasteiger partial charge in [0, 0.05) is 6.04 Å². The highest BCUT2D eigenvalue weighted by molar-refractivity contribution is 6.42. The predicted octanol–water partition coefficient (Wildman–Crippen LogP) is 4.22. The fourth-order valence-electron chi connectivity index (χ4n) is 2.64. The molecule has 0 aromatic heterocycles. The standard InChI is InChI=1S/C13H17Cl2N/c1-3-13(2)9(7-12(13)16)8-4-5-10(14)11(15)6-8/h4-6,9,12H,3,7,16H2,1-2H3. The van der Waals surface area contributed by atoms with Gasteiger partial charge in [-0.2, -0.15) is 0 Å². The van der Waals surface area contributed by atoms with Gasteiger partial charge >= 0.3 is 0 Å². The highest BCUT2D eigenvalue weighted by Crippen LogP contribution is 2.54. The van der Waals surface area contributed by atoms with Gasteiger partial charge in [-0.05, 0) is 41.9 Å². The van der Waals surface area contributed by atoms with E-state index in [4.69, 9.17) is 28.9 Å². The van der Waals surface area contributed by atoms with Gasteiger partial charge in [0.1, 0.15) is 0 Å². The van der Waals surface area contributed by atoms with E-state index < -0.39 is 0 Å². The minimum atomic E-state index is 0.206. The van der Waals surface area contributed by atoms with Crippen molar-refractivity contribution in [1.29, 1.82) is 0 Å². The number of nitrogens with two attached hydrogens (primary N) is 1. The lowest BCUT2D eigenvalue weighted by Crippen LogP contribution is -2.54. The molecule has 0 aliphatic heterocycles. The van der Waals surface area contributed by atoms with Crippen LogP contribution in [0.4, 0.5) is 0 Å². The Morgan fingerprint density at radius 3 is 2.56 bits per heavy atom. The zero-order valence-electron chi connectivity index (χ0n) is 9.63. The number of benzene rings is 1. The average molecular weight is 258 g/mol. The molecule has 1 aliphatic rings. The van der Waals surface area contributed by atoms with Gasteiger partial charge in [0.2, 0.25) is 0 Å². The summed E-state index contributed by atoms with van der Waals surface area (Å²) in [6.45, 7) is 4.46. The van der Waals surface area contributed by atoms with Crippen LogP contribution in [0.15, 0.2) is 18.2 Å². The largest absolute Gasteiger partial charge is 0.327 e. The van der Waals surface area contributed by atoms with Crippen molar-refractivity contribution in [1.82, 2.24) is 0 Å². The first-order valence-corrected chi connectivity index (χ1v) is 6.45. The van der Waals surface area contributed by atoms with Crippen LogP contribution >= 0.6 is 23.2 Å². The van der Waals surface area contributed by atoms with Gasteiger partial charge in [0.15, 0.2) is 0 Å². The summed E-state index contributed by atoms with van der Waals surface area (Å²) in [6.07, 6.45) is 2.14. The molecule has 16 heavy (non-hydrogen) atoms. The van der Waals surface area contributed by atoms with E-state index in [0.29, 0.717) is 22.0 Å². The first kappa shape index (κ1) is 12.2. The van der Waals surface area contributed by atoms with E-state index in [2.05, 4.69) is 19.9 Å². The van der Waals surface area contributed by atoms with E-state index in [1.165, 1.54) is 5.56 Å². The van der Waals surface area contributed by atoms with Gasteiger partial charge in [-0.15, -0.1) is 0 Å². The molecule has 0 amide bonds. The Balaban J connectivity index is 2.29. The minimum absolute atomic E-state index is 0.206. The Bertz CT molecular complexity index is 405. The van der Waals surface area contributed by atoms with E-state index >= 15 is 0 Å². The molecule has 3 unspecified atom stereocenters. The first-order valence-electron chi connectivity index (χ1n) is 5.69. The summed E-state index contributed by atoms with van der Waals surface area (Å²) in [5, 5.41) is 1.25. The molecule has 0 bridgehead atoms. The Hall–Kier alpha value is -0.240. The molecule has 2 N–H and O–H groups in total. The maximum atomic E-state index is 6.10. The lowest BCUT2D eigenvalue weighted by Gasteiger charge is -2.53. The van der Waals surface area contributed by atoms with E-state index in [-0.39, 0.29) is 5.41 Å². The molecule has 1 fully saturated rings. The van der Waals surface area contributed by atoms with Crippen LogP contribution in [-0.2, 0) is 0 Å². The fourth-order valence-corrected chi connectivity index (χ4v) is 2.95. The monoisotopic (exact) mass is 257 g/mol. The molecule has 2 rings (SSSR count). The summed E-state index contributed by atoms with van der Waals surface area (Å²) in [5.74, 6) is 0.516. The summed E-state index contributed by atoms with van der Waals surface area (Å²) < 4.78 is 0. The van der Waals surface area contributed by atoms with E-state index in [9.17, 15) is 0 Å². The second-order valence-electron chi connectivity index (χ2n) is 4.93. The summed E-state index contributed by atoms with van der Waals surface area (Å²) >= 11 is 12.0. The number of hydrogen-bond donors (Lipinski definition) is 1. The smallest absolute Gasteiger partial charge is 0.0595 e. The van der Waals surface area contributed by atoms with E-state index in [1.54, 1.807) is 0 Å². The van der Waals surface area contributed by atoms with Crippen LogP contribution in [-0.4, -0.2) is 6.04 Å². The van der Waals surface area contributed by atoms with Crippen molar-refractivity contribution >= 4 is 23.2 Å². The second kappa shape index (κ2) is 4.21. The third-order valence-corrected chi connectivity index (χ3v) is 4.98. The molecule has 3 heteroatoms. The molecule has 1 aromatic carbocycles. The maximum absolute atomic E-state index is 6.10. The van der Waals surface area contributed by atoms with Crippen molar-refractivity contribution in [2.24, 2.45) is 11.1 Å². The fraction of sp³-hybridized carbons (Fsp3) is 0.538. The Kier molecular flexibility index (Phi) is 3.22. The number of rotatable bonds is 2. The molecule has 3 atom stereocenters. The van der Waals surface area contributed by atoms with Crippen molar-refractivity contribution in [2.45, 2.75) is 38.6 Å². The Morgan fingerprint density at radius 2 is 2.06 bits per heavy atom. The molecule has 0 radical (unpaired) electrons. The molecule has 0 heterocycles. The van der Waals surface area contributed by atoms with Gasteiger partial charge in [-0.25, -0.2) is 0 Å². The summed E-state index contributed by atoms with van der Waals surface area (Å²) in [4.78, 5) is 0. The average Bonchev–Trinajstić information content (AvgIpc) is 2.28. The zero-order chi connectivity index (χ0) is 11.9. The summed E-state index contributed by atoms with van der Waals surface area (Å²) in [5.41, 5.74) is 7.57. The van der Waals surface area contributed by atoms with Crippen molar-refractivity contribution in [3.8, 4) is 0 Å². The minimum Gasteiger partial charge on any atom is -0.327 e. The lowest BCUT2D eigenvalue weighted by atomic mass is 9.54. The summed E-state index contributed by atoms with van der Waals surface area (Å²) in [6, 6.07) is 6.23. The molecule has 0 saturated heterocycles. The molecule has 1 nitrogen and oxygen atoms in total. The topological polar surface area (TPSA) is 26.0 Å². The first-order chi connectivity index (χ1) is 7.49. The maximum Gasteiger partial charge on any atom is 0.0595 e. The molecule has 0 spiro atoms. The number of hydrogen-bond acceptors (Lipinski definition) is 1. The lowest BCUT2D eigenvalue weighted by molar-refractivity contribution is 0.0706. The third kappa shape index (κ3) is 1.75. The Labute approximate surface area is 107 Å². The van der Waals surface area contributed by atoms with Crippen molar-refractivity contribution in [3.05, 3.63) is 33.8 Å². The molecule has 88 valence electrons. The highest BCUT2D eigenvalue weighted by atomic mass is 35.5. The summed E-state index contributed by atoms with van der Waals surface area (Å²) in [7, 11) is 0. The van der Waals surface area contributed by atoms with Gasteiger partial charge in [0.25, 0.3) is 0 Å². The van der Waals surface area contributed by atoms with Crippen LogP contribution in [0.5, 0.6) is 0 Å². The van der Waals surface area contributed by atoms with E-state index in [0.717, 1.165) is 12.8 Å². The molecular formula is C13H17Cl2N. The van der Waals surface area contributed by atoms with Crippen molar-refractivity contribution < 1.29 is 0 Å².